The highest BCUT2D eigenvalue weighted by Gasteiger charge is 3.71. The van der Waals surface area contributed by atoms with Crippen molar-refractivity contribution in [2.75, 3.05) is 0 Å². The summed E-state index contributed by atoms with van der Waals surface area (Å²) in [5.41, 5.74) is 34.5. The minimum absolute atomic E-state index is 0.939. The van der Waals surface area contributed by atoms with E-state index in [0.717, 1.165) is 168 Å². The van der Waals surface area contributed by atoms with Gasteiger partial charge in [0.05, 0.1) is 0 Å². The van der Waals surface area contributed by atoms with Crippen molar-refractivity contribution in [2.24, 2.45) is 316 Å². The predicted octanol–water partition coefficient (Wildman–Crippen LogP) is 5.15. The first-order valence-corrected chi connectivity index (χ1v) is 30.2. The van der Waals surface area contributed by atoms with Crippen LogP contribution in [0.1, 0.15) is 32.6 Å². The Kier molecular flexibility index (Phi) is 0.990. The lowest BCUT2D eigenvalue weighted by Crippen LogP contribution is -3.67. The number of fused-ring (bicyclic) bond motifs is 22. The lowest BCUT2D eigenvalue weighted by Gasteiger charge is -3.68. The van der Waals surface area contributed by atoms with E-state index >= 15 is 0 Å². The van der Waals surface area contributed by atoms with Gasteiger partial charge in [-0.15, -0.1) is 0 Å². The van der Waals surface area contributed by atoms with Crippen LogP contribution < -0.4 is 0 Å². The van der Waals surface area contributed by atoms with Gasteiger partial charge in [0.2, 0.25) is 0 Å². The van der Waals surface area contributed by atoms with Gasteiger partial charge in [0.15, 0.2) is 0 Å². The topological polar surface area (TPSA) is 0 Å². The average Bonchev–Trinajstić information content (AvgIpc) is 3.11. The number of hydrogen-bond donors (Lipinski definition) is 0. The minimum atomic E-state index is 0.939. The molecule has 0 heteroatoms. The van der Waals surface area contributed by atoms with Crippen LogP contribution in [-0.4, -0.2) is 0 Å². The summed E-state index contributed by atoms with van der Waals surface area (Å²) in [5.74, 6) is 34.9. The quantitative estimate of drug-likeness (QED) is 0.321. The van der Waals surface area contributed by atoms with E-state index in [1.54, 1.807) is 0 Å². The summed E-state index contributed by atoms with van der Waals surface area (Å²) in [6.45, 7) is 3.32. The maximum absolute atomic E-state index is 3.32. The number of rotatable bonds is 0. The van der Waals surface area contributed by atoms with Gasteiger partial charge in [-0.1, -0.05) is 6.92 Å². The zero-order chi connectivity index (χ0) is 33.8. The van der Waals surface area contributed by atoms with E-state index in [1.165, 1.54) is 148 Å². The fourth-order valence-corrected chi connectivity index (χ4v) is 69.0. The van der Waals surface area contributed by atoms with E-state index in [9.17, 15) is 0 Å². The van der Waals surface area contributed by atoms with Crippen LogP contribution in [0.3, 0.4) is 0 Å². The first-order valence-electron chi connectivity index (χ1n) is 30.2. The highest BCUT2D eigenvalue weighted by molar-refractivity contribution is 6.15. The van der Waals surface area contributed by atoms with Gasteiger partial charge >= 0.3 is 0 Å². The van der Waals surface area contributed by atoms with Crippen molar-refractivity contribution >= 4 is 0 Å². The molecule has 0 saturated heterocycles. The summed E-state index contributed by atoms with van der Waals surface area (Å²) >= 11 is 0. The molecule has 0 radical (unpaired) electrons. The molecule has 44 rings (SSSR count). The van der Waals surface area contributed by atoms with E-state index in [0.29, 0.717) is 0 Å². The molecule has 44 fully saturated rings. The average molecular weight is 769 g/mol. The Hall–Kier alpha value is 0. The molecule has 0 aromatic carbocycles. The molecule has 0 bridgehead atoms. The SMILES string of the molecule is CC12C3C4CC5C6C7CC8C9C%10C%11C%12C%13C%14C%15C%16C%17CC%18C%19C%20CC%21C%22C%23C%24C%25C%26C1C1%27C%26%28C%25%26C%24%25C%23%24C%22%23C%20%21C%19%20C%18%17C%16%17C%15%16C%14%15C%13%14C%12%13C%11%12C%10%11C9%10C78C67C54C34C21C%11(C7%104)C%12%27C%13%28C%14%26C%15%25C%16%24C%20%17%23. The molecule has 0 heterocycles. The van der Waals surface area contributed by atoms with Gasteiger partial charge in [-0.05, 0) is 341 Å². The van der Waals surface area contributed by atoms with Crippen LogP contribution in [0.25, 0.3) is 0 Å². The second-order valence-corrected chi connectivity index (χ2v) is 39.9. The third-order valence-corrected chi connectivity index (χ3v) is 53.7. The van der Waals surface area contributed by atoms with Gasteiger partial charge in [-0.25, -0.2) is 0 Å². The normalized spacial score (nSPS) is 143. The molecule has 0 amide bonds. The standard InChI is InChI=1S/C61H36/c1-31-29-13-5-9-15-8-4-12-18-21-23-26-25-22-19-16-10-2-6-14-7-3-11-17-20-24-27-28-30(31)52-50(28)49(27)45(24)42(20)39(17)33(7,11)36(14)32(6,10)38(16)41(19)44(22)47(25)48(26)46(23)43(21)40(18)34(8,12)37(15)35(9,13)51(29)53(31,52)61(43,55(37,40)51)60(46,52)59(48,50)58(47,49)57(44,45)56(41,42)54(36,38)39/h6-30H,2-5H2,1H3. The van der Waals surface area contributed by atoms with E-state index in [4.69, 9.17) is 0 Å². The Bertz CT molecular complexity index is 4270. The molecule has 0 aromatic rings. The van der Waals surface area contributed by atoms with Crippen LogP contribution >= 0.6 is 0 Å². The van der Waals surface area contributed by atoms with Crippen molar-refractivity contribution in [3.8, 4) is 0 Å². The molecule has 44 saturated carbocycles. The van der Waals surface area contributed by atoms with E-state index in [1.807, 2.05) is 25.7 Å². The molecule has 30 spiro atoms. The van der Waals surface area contributed by atoms with E-state index in [2.05, 4.69) is 6.92 Å². The molecule has 0 aliphatic heterocycles. The summed E-state index contributed by atoms with van der Waals surface area (Å²) in [6.07, 6.45) is 7.39. The van der Waals surface area contributed by atoms with Crippen LogP contribution in [0.15, 0.2) is 0 Å². The van der Waals surface area contributed by atoms with Crippen molar-refractivity contribution in [2.45, 2.75) is 32.6 Å². The van der Waals surface area contributed by atoms with Crippen molar-refractivity contribution in [3.63, 3.8) is 0 Å². The Labute approximate surface area is 346 Å². The molecule has 280 valence electrons. The first kappa shape index (κ1) is 20.3. The van der Waals surface area contributed by atoms with Crippen LogP contribution in [0.5, 0.6) is 0 Å². The third-order valence-electron chi connectivity index (χ3n) is 53.7. The van der Waals surface area contributed by atoms with E-state index in [-0.39, 0.29) is 0 Å². The third kappa shape index (κ3) is 0.424. The van der Waals surface area contributed by atoms with Crippen LogP contribution in [0.2, 0.25) is 0 Å². The first-order chi connectivity index (χ1) is 30.2. The molecular formula is C61H36. The molecule has 44 aliphatic carbocycles. The lowest BCUT2D eigenvalue weighted by molar-refractivity contribution is -1.24. The molecule has 0 aromatic heterocycles. The monoisotopic (exact) mass is 768 g/mol. The van der Waals surface area contributed by atoms with Gasteiger partial charge in [-0.3, -0.25) is 0 Å². The minimum Gasteiger partial charge on any atom is -0.0584 e. The van der Waals surface area contributed by atoms with Crippen LogP contribution in [0, 0.1) is 316 Å². The summed E-state index contributed by atoms with van der Waals surface area (Å²) in [5, 5.41) is 0. The molecule has 61 heavy (non-hydrogen) atoms. The van der Waals surface area contributed by atoms with Crippen molar-refractivity contribution in [1.29, 1.82) is 0 Å². The molecule has 56 unspecified atom stereocenters. The van der Waals surface area contributed by atoms with Crippen molar-refractivity contribution in [1.82, 2.24) is 0 Å². The Morgan fingerprint density at radius 2 is 0.541 bits per heavy atom. The summed E-state index contributed by atoms with van der Waals surface area (Å²) in [6, 6.07) is 0. The number of hydrogen-bond acceptors (Lipinski definition) is 0. The Morgan fingerprint density at radius 1 is 0.213 bits per heavy atom. The smallest absolute Gasteiger partial charge is 0.000470 e. The lowest BCUT2D eigenvalue weighted by atomic mass is 8.34. The summed E-state index contributed by atoms with van der Waals surface area (Å²) < 4.78 is 0. The highest BCUT2D eigenvalue weighted by atomic mass is 15.7. The molecule has 44 aliphatic rings. The van der Waals surface area contributed by atoms with Gasteiger partial charge in [0.1, 0.15) is 0 Å². The molecule has 56 atom stereocenters. The maximum atomic E-state index is 3.32. The largest absolute Gasteiger partial charge is 0.0584 e. The Morgan fingerprint density at radius 3 is 1.05 bits per heavy atom. The van der Waals surface area contributed by atoms with Gasteiger partial charge in [0, 0.05) is 0 Å². The van der Waals surface area contributed by atoms with Crippen LogP contribution in [0.4, 0.5) is 0 Å². The van der Waals surface area contributed by atoms with Gasteiger partial charge < -0.3 is 0 Å². The molecular weight excluding hydrogens is 733 g/mol. The second kappa shape index (κ2) is 2.97. The fourth-order valence-electron chi connectivity index (χ4n) is 69.0. The maximum Gasteiger partial charge on any atom is -0.000470 e. The van der Waals surface area contributed by atoms with Gasteiger partial charge in [0.25, 0.3) is 0 Å². The fraction of sp³-hybridized carbons (Fsp3) is 1.00. The van der Waals surface area contributed by atoms with Gasteiger partial charge in [-0.2, -0.15) is 0 Å². The van der Waals surface area contributed by atoms with E-state index < -0.39 is 0 Å². The zero-order valence-corrected chi connectivity index (χ0v) is 33.8. The summed E-state index contributed by atoms with van der Waals surface area (Å²) in [7, 11) is 0. The predicted molar refractivity (Wildman–Crippen MR) is 187 cm³/mol. The molecule has 0 N–H and O–H groups in total. The second-order valence-electron chi connectivity index (χ2n) is 39.9. The van der Waals surface area contributed by atoms with Crippen molar-refractivity contribution in [3.05, 3.63) is 0 Å². The summed E-state index contributed by atoms with van der Waals surface area (Å²) in [4.78, 5) is 0. The van der Waals surface area contributed by atoms with Crippen molar-refractivity contribution < 1.29 is 0 Å². The Balaban J connectivity index is 0.738. The zero-order valence-electron chi connectivity index (χ0n) is 33.8. The highest BCUT2D eigenvalue weighted by Crippen LogP contribution is 3.72. The van der Waals surface area contributed by atoms with Crippen LogP contribution in [-0.2, 0) is 0 Å². The molecule has 0 nitrogen and oxygen atoms in total.